The van der Waals surface area contributed by atoms with Crippen molar-refractivity contribution in [2.75, 3.05) is 13.2 Å². The van der Waals surface area contributed by atoms with E-state index in [1.165, 1.54) is 5.56 Å². The first-order valence-electron chi connectivity index (χ1n) is 5.04. The molecule has 84 valence electrons. The van der Waals surface area contributed by atoms with Crippen molar-refractivity contribution in [1.29, 1.82) is 0 Å². The summed E-state index contributed by atoms with van der Waals surface area (Å²) in [5, 5.41) is 7.92. The fourth-order valence-corrected chi connectivity index (χ4v) is 0.903. The van der Waals surface area contributed by atoms with E-state index in [2.05, 4.69) is 35.9 Å². The van der Waals surface area contributed by atoms with Crippen LogP contribution in [0.15, 0.2) is 30.3 Å². The van der Waals surface area contributed by atoms with Crippen LogP contribution in [0.25, 0.3) is 0 Å². The van der Waals surface area contributed by atoms with Gasteiger partial charge in [0.05, 0.1) is 0 Å². The molecule has 3 heteroatoms. The Morgan fingerprint density at radius 3 is 2.13 bits per heavy atom. The number of ether oxygens (including phenoxy) is 1. The van der Waals surface area contributed by atoms with Crippen LogP contribution in [0.1, 0.15) is 19.4 Å². The minimum atomic E-state index is -0.915. The van der Waals surface area contributed by atoms with Crippen LogP contribution < -0.4 is 0 Å². The van der Waals surface area contributed by atoms with Crippen LogP contribution in [0.2, 0.25) is 0 Å². The van der Waals surface area contributed by atoms with Crippen molar-refractivity contribution in [3.63, 3.8) is 0 Å². The molecule has 1 rings (SSSR count). The van der Waals surface area contributed by atoms with Gasteiger partial charge in [0.25, 0.3) is 0 Å². The van der Waals surface area contributed by atoms with Crippen LogP contribution in [0.3, 0.4) is 0 Å². The van der Waals surface area contributed by atoms with Gasteiger partial charge in [-0.3, -0.25) is 0 Å². The van der Waals surface area contributed by atoms with Crippen LogP contribution in [0, 0.1) is 0 Å². The maximum atomic E-state index is 9.63. The van der Waals surface area contributed by atoms with E-state index in [1.54, 1.807) is 6.92 Å². The molecule has 0 aliphatic carbocycles. The number of hydrogen-bond donors (Lipinski definition) is 1. The van der Waals surface area contributed by atoms with E-state index in [-0.39, 0.29) is 6.61 Å². The molecule has 0 heterocycles. The largest absolute Gasteiger partial charge is 0.480 e. The van der Waals surface area contributed by atoms with E-state index in [0.29, 0.717) is 6.61 Å². The average Bonchev–Trinajstić information content (AvgIpc) is 2.28. The van der Waals surface area contributed by atoms with Crippen molar-refractivity contribution in [3.8, 4) is 0 Å². The molecule has 0 unspecified atom stereocenters. The van der Waals surface area contributed by atoms with Crippen LogP contribution >= 0.6 is 0 Å². The zero-order chi connectivity index (χ0) is 11.5. The molecule has 15 heavy (non-hydrogen) atoms. The minimum Gasteiger partial charge on any atom is -0.480 e. The summed E-state index contributed by atoms with van der Waals surface area (Å²) in [4.78, 5) is 9.63. The SMILES string of the molecule is CCOCC(=O)O.CCc1ccccc1. The molecule has 1 N–H and O–H groups in total. The van der Waals surface area contributed by atoms with E-state index in [1.807, 2.05) is 6.07 Å². The molecule has 0 fully saturated rings. The van der Waals surface area contributed by atoms with Crippen molar-refractivity contribution in [2.24, 2.45) is 0 Å². The number of carbonyl (C=O) groups is 1. The Hall–Kier alpha value is -1.35. The first-order chi connectivity index (χ1) is 7.20. The molecule has 0 aliphatic rings. The monoisotopic (exact) mass is 210 g/mol. The quantitative estimate of drug-likeness (QED) is 0.829. The van der Waals surface area contributed by atoms with Gasteiger partial charge in [-0.25, -0.2) is 4.79 Å². The lowest BCUT2D eigenvalue weighted by Crippen LogP contribution is -2.05. The van der Waals surface area contributed by atoms with Gasteiger partial charge >= 0.3 is 5.97 Å². The zero-order valence-corrected chi connectivity index (χ0v) is 9.27. The Morgan fingerprint density at radius 2 is 1.87 bits per heavy atom. The lowest BCUT2D eigenvalue weighted by atomic mass is 10.2. The van der Waals surface area contributed by atoms with Gasteiger partial charge < -0.3 is 9.84 Å². The Balaban J connectivity index is 0.000000265. The number of carboxylic acids is 1. The fourth-order valence-electron chi connectivity index (χ4n) is 0.903. The van der Waals surface area contributed by atoms with E-state index < -0.39 is 5.97 Å². The van der Waals surface area contributed by atoms with Crippen molar-refractivity contribution in [1.82, 2.24) is 0 Å². The van der Waals surface area contributed by atoms with Gasteiger partial charge in [-0.2, -0.15) is 0 Å². The Labute approximate surface area is 90.7 Å². The highest BCUT2D eigenvalue weighted by molar-refractivity contribution is 5.67. The Morgan fingerprint density at radius 1 is 1.27 bits per heavy atom. The molecule has 0 radical (unpaired) electrons. The summed E-state index contributed by atoms with van der Waals surface area (Å²) in [6.07, 6.45) is 1.14. The van der Waals surface area contributed by atoms with Gasteiger partial charge in [0.2, 0.25) is 0 Å². The van der Waals surface area contributed by atoms with Crippen LogP contribution in [-0.2, 0) is 16.0 Å². The molecule has 1 aromatic carbocycles. The van der Waals surface area contributed by atoms with E-state index in [9.17, 15) is 4.79 Å². The van der Waals surface area contributed by atoms with Crippen LogP contribution in [0.5, 0.6) is 0 Å². The summed E-state index contributed by atoms with van der Waals surface area (Å²) in [5.41, 5.74) is 1.41. The highest BCUT2D eigenvalue weighted by Crippen LogP contribution is 1.96. The molecule has 0 spiro atoms. The summed E-state index contributed by atoms with van der Waals surface area (Å²) in [6.45, 7) is 4.20. The first-order valence-corrected chi connectivity index (χ1v) is 5.04. The van der Waals surface area contributed by atoms with Crippen molar-refractivity contribution in [3.05, 3.63) is 35.9 Å². The average molecular weight is 210 g/mol. The third kappa shape index (κ3) is 8.97. The smallest absolute Gasteiger partial charge is 0.329 e. The highest BCUT2D eigenvalue weighted by atomic mass is 16.5. The number of carboxylic acid groups (broad SMARTS) is 1. The van der Waals surface area contributed by atoms with Gasteiger partial charge in [-0.15, -0.1) is 0 Å². The zero-order valence-electron chi connectivity index (χ0n) is 9.27. The number of aliphatic carboxylic acids is 1. The maximum absolute atomic E-state index is 9.63. The molecule has 0 atom stereocenters. The lowest BCUT2D eigenvalue weighted by Gasteiger charge is -1.90. The standard InChI is InChI=1S/C8H10.C4H8O3/c1-2-8-6-4-3-5-7-8;1-2-7-3-4(5)6/h3-7H,2H2,1H3;2-3H2,1H3,(H,5,6). The van der Waals surface area contributed by atoms with E-state index in [0.717, 1.165) is 6.42 Å². The second kappa shape index (κ2) is 9.21. The number of benzene rings is 1. The van der Waals surface area contributed by atoms with E-state index >= 15 is 0 Å². The van der Waals surface area contributed by atoms with Crippen LogP contribution in [-0.4, -0.2) is 24.3 Å². The first kappa shape index (κ1) is 13.7. The number of aryl methyl sites for hydroxylation is 1. The van der Waals surface area contributed by atoms with Crippen molar-refractivity contribution >= 4 is 5.97 Å². The molecule has 0 bridgehead atoms. The third-order valence-electron chi connectivity index (χ3n) is 1.68. The van der Waals surface area contributed by atoms with Crippen molar-refractivity contribution in [2.45, 2.75) is 20.3 Å². The second-order valence-corrected chi connectivity index (χ2v) is 2.87. The summed E-state index contributed by atoms with van der Waals surface area (Å²) in [6, 6.07) is 10.5. The Bertz CT molecular complexity index is 257. The molecular formula is C12H18O3. The molecule has 3 nitrogen and oxygen atoms in total. The summed E-state index contributed by atoms with van der Waals surface area (Å²) in [5.74, 6) is -0.915. The Kier molecular flexibility index (Phi) is 8.39. The lowest BCUT2D eigenvalue weighted by molar-refractivity contribution is -0.142. The molecular weight excluding hydrogens is 192 g/mol. The second-order valence-electron chi connectivity index (χ2n) is 2.87. The van der Waals surface area contributed by atoms with Gasteiger partial charge in [-0.05, 0) is 18.9 Å². The normalized spacial score (nSPS) is 8.93. The summed E-state index contributed by atoms with van der Waals surface area (Å²) in [7, 11) is 0. The third-order valence-corrected chi connectivity index (χ3v) is 1.68. The van der Waals surface area contributed by atoms with Gasteiger partial charge in [0.1, 0.15) is 6.61 Å². The molecule has 0 saturated carbocycles. The maximum Gasteiger partial charge on any atom is 0.329 e. The highest BCUT2D eigenvalue weighted by Gasteiger charge is 1.90. The fraction of sp³-hybridized carbons (Fsp3) is 0.417. The molecule has 1 aromatic rings. The van der Waals surface area contributed by atoms with Crippen molar-refractivity contribution < 1.29 is 14.6 Å². The molecule has 0 aliphatic heterocycles. The topological polar surface area (TPSA) is 46.5 Å². The van der Waals surface area contributed by atoms with Crippen LogP contribution in [0.4, 0.5) is 0 Å². The predicted octanol–water partition coefficient (Wildman–Crippen LogP) is 2.36. The minimum absolute atomic E-state index is 0.184. The summed E-state index contributed by atoms with van der Waals surface area (Å²) < 4.78 is 4.50. The number of rotatable bonds is 4. The molecule has 0 amide bonds. The molecule has 0 aromatic heterocycles. The van der Waals surface area contributed by atoms with E-state index in [4.69, 9.17) is 5.11 Å². The van der Waals surface area contributed by atoms with Gasteiger partial charge in [-0.1, -0.05) is 37.3 Å². The predicted molar refractivity (Wildman–Crippen MR) is 59.9 cm³/mol. The molecule has 0 saturated heterocycles. The summed E-state index contributed by atoms with van der Waals surface area (Å²) >= 11 is 0. The number of hydrogen-bond acceptors (Lipinski definition) is 2. The van der Waals surface area contributed by atoms with Gasteiger partial charge in [0.15, 0.2) is 0 Å². The van der Waals surface area contributed by atoms with Gasteiger partial charge in [0, 0.05) is 6.61 Å².